The van der Waals surface area contributed by atoms with Crippen molar-refractivity contribution in [1.82, 2.24) is 20.0 Å². The molecule has 2 N–H and O–H groups in total. The van der Waals surface area contributed by atoms with Gasteiger partial charge in [0.2, 0.25) is 0 Å². The minimum Gasteiger partial charge on any atom is -0.304 e. The number of hydrogen-bond donors (Lipinski definition) is 2. The maximum atomic E-state index is 12.9. The molecule has 0 unspecified atom stereocenters. The fourth-order valence-corrected chi connectivity index (χ4v) is 5.38. The zero-order chi connectivity index (χ0) is 24.6. The van der Waals surface area contributed by atoms with Crippen molar-refractivity contribution in [2.24, 2.45) is 0 Å². The largest absolute Gasteiger partial charge is 0.304 e. The molecule has 2 aromatic carbocycles. The van der Waals surface area contributed by atoms with Gasteiger partial charge in [0.05, 0.1) is 26.2 Å². The van der Waals surface area contributed by atoms with Crippen molar-refractivity contribution >= 4 is 44.5 Å². The number of aromatic amines is 1. The predicted octanol–water partition coefficient (Wildman–Crippen LogP) is 5.30. The van der Waals surface area contributed by atoms with Crippen LogP contribution in [-0.4, -0.2) is 40.6 Å². The fourth-order valence-electron chi connectivity index (χ4n) is 3.50. The van der Waals surface area contributed by atoms with Crippen molar-refractivity contribution in [3.05, 3.63) is 89.7 Å². The zero-order valence-corrected chi connectivity index (χ0v) is 20.7. The molecule has 176 valence electrons. The number of benzene rings is 2. The van der Waals surface area contributed by atoms with E-state index in [2.05, 4.69) is 20.6 Å². The molecule has 0 aliphatic heterocycles. The van der Waals surface area contributed by atoms with Gasteiger partial charge in [0.1, 0.15) is 0 Å². The number of carbonyl (C=O) groups excluding carboxylic acids is 1. The number of thiophene rings is 1. The van der Waals surface area contributed by atoms with E-state index in [1.54, 1.807) is 47.3 Å². The van der Waals surface area contributed by atoms with E-state index in [4.69, 9.17) is 11.6 Å². The van der Waals surface area contributed by atoms with Crippen LogP contribution in [-0.2, 0) is 9.84 Å². The van der Waals surface area contributed by atoms with Gasteiger partial charge in [-0.1, -0.05) is 35.9 Å². The standard InChI is InChI=1S/C24H18ClN5O3S2/c1-35(32,33)16-6-4-5-15(13-16)21-9-10-22(34-21)20-14-18(24(31)27-23-11-12-26-28-23)29-30(20)19-8-3-2-7-17(19)25/h2-14H,1H3,(H2,26,27,28,31). The lowest BCUT2D eigenvalue weighted by Crippen LogP contribution is -2.13. The van der Waals surface area contributed by atoms with Crippen molar-refractivity contribution in [2.45, 2.75) is 4.90 Å². The third-order valence-electron chi connectivity index (χ3n) is 5.17. The summed E-state index contributed by atoms with van der Waals surface area (Å²) in [5.41, 5.74) is 2.26. The van der Waals surface area contributed by atoms with Gasteiger partial charge in [-0.3, -0.25) is 9.89 Å². The van der Waals surface area contributed by atoms with Crippen molar-refractivity contribution in [3.8, 4) is 26.7 Å². The topological polar surface area (TPSA) is 110 Å². The van der Waals surface area contributed by atoms with Crippen LogP contribution in [0, 0.1) is 0 Å². The molecular weight excluding hydrogens is 506 g/mol. The van der Waals surface area contributed by atoms with Crippen LogP contribution in [0.1, 0.15) is 10.5 Å². The van der Waals surface area contributed by atoms with Gasteiger partial charge in [0.25, 0.3) is 5.91 Å². The Morgan fingerprint density at radius 3 is 2.57 bits per heavy atom. The van der Waals surface area contributed by atoms with E-state index in [1.807, 2.05) is 36.4 Å². The van der Waals surface area contributed by atoms with Crippen LogP contribution < -0.4 is 5.32 Å². The summed E-state index contributed by atoms with van der Waals surface area (Å²) >= 11 is 7.91. The molecule has 11 heteroatoms. The van der Waals surface area contributed by atoms with Crippen LogP contribution in [0.3, 0.4) is 0 Å². The molecule has 0 bridgehead atoms. The second-order valence-electron chi connectivity index (χ2n) is 7.66. The first kappa shape index (κ1) is 23.0. The molecule has 35 heavy (non-hydrogen) atoms. The molecule has 0 aliphatic rings. The minimum absolute atomic E-state index is 0.192. The Morgan fingerprint density at radius 1 is 1.03 bits per heavy atom. The molecule has 0 spiro atoms. The summed E-state index contributed by atoms with van der Waals surface area (Å²) in [5.74, 6) is -0.0326. The summed E-state index contributed by atoms with van der Waals surface area (Å²) in [5, 5.41) is 14.3. The van der Waals surface area contributed by atoms with Gasteiger partial charge in [0.15, 0.2) is 21.3 Å². The van der Waals surface area contributed by atoms with Crippen LogP contribution in [0.4, 0.5) is 5.82 Å². The van der Waals surface area contributed by atoms with E-state index in [9.17, 15) is 13.2 Å². The lowest BCUT2D eigenvalue weighted by atomic mass is 10.2. The van der Waals surface area contributed by atoms with Gasteiger partial charge in [-0.2, -0.15) is 10.2 Å². The Labute approximate surface area is 210 Å². The van der Waals surface area contributed by atoms with E-state index in [-0.39, 0.29) is 10.6 Å². The summed E-state index contributed by atoms with van der Waals surface area (Å²) in [6, 6.07) is 21.2. The molecule has 3 aromatic heterocycles. The third-order valence-corrected chi connectivity index (χ3v) is 7.76. The SMILES string of the molecule is CS(=O)(=O)c1cccc(-c2ccc(-c3cc(C(=O)Nc4cc[nH]n4)nn3-c3ccccc3Cl)s2)c1. The number of nitrogens with one attached hydrogen (secondary N) is 2. The average Bonchev–Trinajstić information content (AvgIpc) is 3.59. The monoisotopic (exact) mass is 523 g/mol. The first-order valence-corrected chi connectivity index (χ1v) is 13.4. The maximum absolute atomic E-state index is 12.9. The zero-order valence-electron chi connectivity index (χ0n) is 18.3. The summed E-state index contributed by atoms with van der Waals surface area (Å²) < 4.78 is 25.6. The number of H-pyrrole nitrogens is 1. The number of hydrogen-bond acceptors (Lipinski definition) is 6. The van der Waals surface area contributed by atoms with Gasteiger partial charge >= 0.3 is 0 Å². The summed E-state index contributed by atoms with van der Waals surface area (Å²) in [6.45, 7) is 0. The Balaban J connectivity index is 1.58. The number of rotatable bonds is 6. The summed E-state index contributed by atoms with van der Waals surface area (Å²) in [6.07, 6.45) is 2.79. The molecule has 8 nitrogen and oxygen atoms in total. The smallest absolute Gasteiger partial charge is 0.277 e. The second kappa shape index (κ2) is 9.14. The van der Waals surface area contributed by atoms with E-state index in [1.165, 1.54) is 17.6 Å². The van der Waals surface area contributed by atoms with Gasteiger partial charge in [-0.25, -0.2) is 13.1 Å². The Bertz CT molecular complexity index is 1640. The predicted molar refractivity (Wildman–Crippen MR) is 137 cm³/mol. The van der Waals surface area contributed by atoms with Gasteiger partial charge in [-0.05, 0) is 48.0 Å². The molecule has 3 heterocycles. The lowest BCUT2D eigenvalue weighted by Gasteiger charge is -2.08. The summed E-state index contributed by atoms with van der Waals surface area (Å²) in [7, 11) is -3.33. The van der Waals surface area contributed by atoms with Gasteiger partial charge in [0, 0.05) is 23.4 Å². The van der Waals surface area contributed by atoms with Crippen molar-refractivity contribution in [3.63, 3.8) is 0 Å². The van der Waals surface area contributed by atoms with Crippen molar-refractivity contribution < 1.29 is 13.2 Å². The number of para-hydroxylation sites is 1. The van der Waals surface area contributed by atoms with E-state index in [0.717, 1.165) is 15.3 Å². The molecule has 0 aliphatic carbocycles. The van der Waals surface area contributed by atoms with Crippen LogP contribution in [0.25, 0.3) is 26.7 Å². The minimum atomic E-state index is -3.33. The second-order valence-corrected chi connectivity index (χ2v) is 11.2. The van der Waals surface area contributed by atoms with E-state index >= 15 is 0 Å². The number of anilines is 1. The highest BCUT2D eigenvalue weighted by molar-refractivity contribution is 7.90. The first-order chi connectivity index (χ1) is 16.8. The Hall–Kier alpha value is -3.73. The third kappa shape index (κ3) is 4.76. The quantitative estimate of drug-likeness (QED) is 0.314. The molecule has 0 radical (unpaired) electrons. The fraction of sp³-hybridized carbons (Fsp3) is 0.0417. The normalized spacial score (nSPS) is 11.5. The van der Waals surface area contributed by atoms with Gasteiger partial charge in [-0.15, -0.1) is 11.3 Å². The number of amides is 1. The molecule has 1 amide bonds. The summed E-state index contributed by atoms with van der Waals surface area (Å²) in [4.78, 5) is 14.8. The average molecular weight is 524 g/mol. The van der Waals surface area contributed by atoms with Crippen LogP contribution >= 0.6 is 22.9 Å². The Kier molecular flexibility index (Phi) is 6.01. The number of sulfone groups is 1. The molecular formula is C24H18ClN5O3S2. The van der Waals surface area contributed by atoms with E-state index < -0.39 is 15.7 Å². The molecule has 0 saturated carbocycles. The molecule has 5 aromatic rings. The van der Waals surface area contributed by atoms with Crippen molar-refractivity contribution in [2.75, 3.05) is 11.6 Å². The van der Waals surface area contributed by atoms with Crippen LogP contribution in [0.15, 0.2) is 83.9 Å². The lowest BCUT2D eigenvalue weighted by molar-refractivity contribution is 0.102. The van der Waals surface area contributed by atoms with Crippen molar-refractivity contribution in [1.29, 1.82) is 0 Å². The molecule has 0 fully saturated rings. The van der Waals surface area contributed by atoms with Gasteiger partial charge < -0.3 is 5.32 Å². The number of nitrogens with zero attached hydrogens (tertiary/aromatic N) is 3. The number of aromatic nitrogens is 4. The first-order valence-electron chi connectivity index (χ1n) is 10.4. The molecule has 0 saturated heterocycles. The number of carbonyl (C=O) groups is 1. The highest BCUT2D eigenvalue weighted by atomic mass is 35.5. The molecule has 5 rings (SSSR count). The maximum Gasteiger partial charge on any atom is 0.277 e. The Morgan fingerprint density at radius 2 is 1.83 bits per heavy atom. The van der Waals surface area contributed by atoms with Crippen LogP contribution in [0.2, 0.25) is 5.02 Å². The highest BCUT2D eigenvalue weighted by Crippen LogP contribution is 2.37. The highest BCUT2D eigenvalue weighted by Gasteiger charge is 2.20. The molecule has 0 atom stereocenters. The van der Waals surface area contributed by atoms with E-state index in [0.29, 0.717) is 22.2 Å². The number of halogens is 1. The van der Waals surface area contributed by atoms with Crippen LogP contribution in [0.5, 0.6) is 0 Å².